The molecule has 0 saturated carbocycles. The van der Waals surface area contributed by atoms with E-state index in [9.17, 15) is 19.0 Å². The topological polar surface area (TPSA) is 108 Å². The first kappa shape index (κ1) is 71.2. The van der Waals surface area contributed by atoms with Crippen molar-refractivity contribution in [1.82, 2.24) is 0 Å². The molecule has 10 heteroatoms. The van der Waals surface area contributed by atoms with Crippen molar-refractivity contribution in [2.75, 3.05) is 47.5 Å². The van der Waals surface area contributed by atoms with Crippen molar-refractivity contribution in [3.63, 3.8) is 0 Å². The number of unbranched alkanes of at least 4 members (excludes halogenated alkanes) is 27. The van der Waals surface area contributed by atoms with Crippen LogP contribution in [0.15, 0.2) is 85.1 Å². The number of phosphoric ester groups is 1. The molecule has 0 radical (unpaired) electrons. The lowest BCUT2D eigenvalue weighted by Crippen LogP contribution is -2.37. The van der Waals surface area contributed by atoms with E-state index in [-0.39, 0.29) is 26.1 Å². The van der Waals surface area contributed by atoms with E-state index in [4.69, 9.17) is 18.5 Å². The van der Waals surface area contributed by atoms with Gasteiger partial charge in [0.2, 0.25) is 0 Å². The van der Waals surface area contributed by atoms with Crippen LogP contribution >= 0.6 is 7.82 Å². The third kappa shape index (κ3) is 58.5. The van der Waals surface area contributed by atoms with Crippen LogP contribution in [0.5, 0.6) is 0 Å². The average molecular weight is 1060 g/mol. The van der Waals surface area contributed by atoms with Crippen LogP contribution in [0.25, 0.3) is 0 Å². The second kappa shape index (κ2) is 55.0. The molecule has 0 aromatic heterocycles. The number of hydrogen-bond donors (Lipinski definition) is 1. The summed E-state index contributed by atoms with van der Waals surface area (Å²) in [5.74, 6) is -0.827. The Balaban J connectivity index is 3.94. The van der Waals surface area contributed by atoms with Gasteiger partial charge in [0.05, 0.1) is 27.7 Å². The molecule has 0 heterocycles. The molecule has 0 rings (SSSR count). The van der Waals surface area contributed by atoms with Crippen molar-refractivity contribution in [2.45, 2.75) is 264 Å². The maximum Gasteiger partial charge on any atom is 0.472 e. The average Bonchev–Trinajstić information content (AvgIpc) is 3.36. The van der Waals surface area contributed by atoms with Crippen LogP contribution in [-0.2, 0) is 32.7 Å². The van der Waals surface area contributed by atoms with Crippen molar-refractivity contribution in [3.05, 3.63) is 85.1 Å². The molecule has 0 spiro atoms. The summed E-state index contributed by atoms with van der Waals surface area (Å²) in [5, 5.41) is 0. The monoisotopic (exact) mass is 1060 g/mol. The number of allylic oxidation sites excluding steroid dienone is 14. The van der Waals surface area contributed by atoms with E-state index in [0.717, 1.165) is 77.0 Å². The largest absolute Gasteiger partial charge is 0.472 e. The predicted molar refractivity (Wildman–Crippen MR) is 316 cm³/mol. The summed E-state index contributed by atoms with van der Waals surface area (Å²) in [6, 6.07) is 0. The van der Waals surface area contributed by atoms with Crippen molar-refractivity contribution < 1.29 is 42.1 Å². The molecule has 0 saturated heterocycles. The number of carbonyl (C=O) groups excluding carboxylic acids is 2. The highest BCUT2D eigenvalue weighted by Crippen LogP contribution is 2.43. The number of nitrogens with zero attached hydrogens (tertiary/aromatic N) is 1. The van der Waals surface area contributed by atoms with E-state index in [1.54, 1.807) is 0 Å². The molecule has 2 unspecified atom stereocenters. The lowest BCUT2D eigenvalue weighted by atomic mass is 10.0. The molecule has 0 aromatic carbocycles. The molecule has 74 heavy (non-hydrogen) atoms. The van der Waals surface area contributed by atoms with E-state index in [1.165, 1.54) is 141 Å². The van der Waals surface area contributed by atoms with Gasteiger partial charge >= 0.3 is 19.8 Å². The molecule has 0 amide bonds. The van der Waals surface area contributed by atoms with Crippen molar-refractivity contribution in [3.8, 4) is 0 Å². The summed E-state index contributed by atoms with van der Waals surface area (Å²) < 4.78 is 34.5. The molecule has 0 bridgehead atoms. The van der Waals surface area contributed by atoms with Crippen LogP contribution in [0.1, 0.15) is 258 Å². The second-order valence-corrected chi connectivity index (χ2v) is 22.8. The molecule has 0 fully saturated rings. The Hall–Kier alpha value is -2.81. The molecular formula is C64H115NO8P+. The van der Waals surface area contributed by atoms with Gasteiger partial charge in [0, 0.05) is 12.8 Å². The van der Waals surface area contributed by atoms with E-state index in [2.05, 4.69) is 98.9 Å². The third-order valence-corrected chi connectivity index (χ3v) is 13.9. The highest BCUT2D eigenvalue weighted by Gasteiger charge is 2.27. The summed E-state index contributed by atoms with van der Waals surface area (Å²) in [6.07, 6.45) is 74.1. The van der Waals surface area contributed by atoms with E-state index >= 15 is 0 Å². The van der Waals surface area contributed by atoms with Gasteiger partial charge in [-0.25, -0.2) is 4.57 Å². The smallest absolute Gasteiger partial charge is 0.462 e. The molecular weight excluding hydrogens is 942 g/mol. The van der Waals surface area contributed by atoms with E-state index in [0.29, 0.717) is 23.9 Å². The Bertz CT molecular complexity index is 1520. The number of likely N-dealkylation sites (N-methyl/N-ethyl adjacent to an activating group) is 1. The van der Waals surface area contributed by atoms with Crippen LogP contribution in [0, 0.1) is 0 Å². The normalized spacial score (nSPS) is 13.9. The van der Waals surface area contributed by atoms with Crippen LogP contribution in [0.2, 0.25) is 0 Å². The predicted octanol–water partition coefficient (Wildman–Crippen LogP) is 19.0. The second-order valence-electron chi connectivity index (χ2n) is 21.3. The standard InChI is InChI=1S/C64H114NO8P/c1-6-8-10-12-14-16-18-20-21-22-23-24-25-26-27-28-29-30-31-32-33-34-35-36-37-38-39-40-41-42-43-45-47-49-51-53-55-57-64(67)73-62(61-72-74(68,69)71-59-58-65(3,4)5)60-70-63(66)56-54-52-50-48-46-44-19-17-15-13-11-9-7-2/h8-11,14-17,20-21,23-24,44,46,62H,6-7,12-13,18-19,22,25-43,45,47-61H2,1-5H3/p+1/b10-8-,11-9-,16-14-,17-15-,21-20-,24-23-,46-44-. The van der Waals surface area contributed by atoms with Crippen LogP contribution < -0.4 is 0 Å². The lowest BCUT2D eigenvalue weighted by molar-refractivity contribution is -0.870. The SMILES string of the molecule is CC/C=C\C/C=C\C/C=C\C/C=C\CCCCCCCCCCCCCCCCCCCCCCCCCCC(=O)OC(COC(=O)CCCCC/C=C\C/C=C\C/C=C\CC)COP(=O)(O)OCC[N+](C)(C)C. The minimum absolute atomic E-state index is 0.0255. The maximum absolute atomic E-state index is 12.8. The van der Waals surface area contributed by atoms with Gasteiger partial charge in [0.1, 0.15) is 19.8 Å². The van der Waals surface area contributed by atoms with E-state index in [1.807, 2.05) is 21.1 Å². The van der Waals surface area contributed by atoms with Crippen molar-refractivity contribution >= 4 is 19.8 Å². The maximum atomic E-state index is 12.8. The minimum atomic E-state index is -4.39. The lowest BCUT2D eigenvalue weighted by Gasteiger charge is -2.24. The zero-order valence-corrected chi connectivity index (χ0v) is 49.5. The first-order valence-corrected chi connectivity index (χ1v) is 31.8. The van der Waals surface area contributed by atoms with Gasteiger partial charge in [0.25, 0.3) is 0 Å². The number of phosphoric acid groups is 1. The van der Waals surface area contributed by atoms with Gasteiger partial charge in [-0.05, 0) is 83.5 Å². The zero-order valence-electron chi connectivity index (χ0n) is 48.6. The van der Waals surface area contributed by atoms with Gasteiger partial charge in [-0.3, -0.25) is 18.6 Å². The number of rotatable bonds is 55. The summed E-state index contributed by atoms with van der Waals surface area (Å²) in [5.41, 5.74) is 0. The van der Waals surface area contributed by atoms with Gasteiger partial charge in [-0.1, -0.05) is 247 Å². The number of ether oxygens (including phenoxy) is 2. The van der Waals surface area contributed by atoms with Crippen molar-refractivity contribution in [1.29, 1.82) is 0 Å². The summed E-state index contributed by atoms with van der Waals surface area (Å²) >= 11 is 0. The minimum Gasteiger partial charge on any atom is -0.462 e. The molecule has 9 nitrogen and oxygen atoms in total. The van der Waals surface area contributed by atoms with E-state index < -0.39 is 32.5 Å². The number of hydrogen-bond acceptors (Lipinski definition) is 7. The summed E-state index contributed by atoms with van der Waals surface area (Å²) in [6.45, 7) is 4.18. The summed E-state index contributed by atoms with van der Waals surface area (Å²) in [7, 11) is 1.46. The Morgan fingerprint density at radius 1 is 0.419 bits per heavy atom. The van der Waals surface area contributed by atoms with Gasteiger partial charge < -0.3 is 18.9 Å². The number of esters is 2. The first-order valence-electron chi connectivity index (χ1n) is 30.3. The molecule has 0 aliphatic carbocycles. The van der Waals surface area contributed by atoms with Gasteiger partial charge in [-0.15, -0.1) is 0 Å². The van der Waals surface area contributed by atoms with Gasteiger partial charge in [-0.2, -0.15) is 0 Å². The van der Waals surface area contributed by atoms with Crippen LogP contribution in [0.4, 0.5) is 0 Å². The van der Waals surface area contributed by atoms with Gasteiger partial charge in [0.15, 0.2) is 6.10 Å². The number of quaternary nitrogens is 1. The first-order chi connectivity index (χ1) is 36.0. The molecule has 428 valence electrons. The fourth-order valence-corrected chi connectivity index (χ4v) is 9.06. The molecule has 0 aliphatic heterocycles. The fourth-order valence-electron chi connectivity index (χ4n) is 8.32. The third-order valence-electron chi connectivity index (χ3n) is 12.9. The highest BCUT2D eigenvalue weighted by molar-refractivity contribution is 7.47. The molecule has 0 aliphatic rings. The quantitative estimate of drug-likeness (QED) is 0.0211. The Labute approximate surface area is 456 Å². The van der Waals surface area contributed by atoms with Crippen molar-refractivity contribution in [2.24, 2.45) is 0 Å². The Kier molecular flexibility index (Phi) is 52.9. The molecule has 2 atom stereocenters. The van der Waals surface area contributed by atoms with Crippen LogP contribution in [-0.4, -0.2) is 74.9 Å². The zero-order chi connectivity index (χ0) is 54.2. The summed E-state index contributed by atoms with van der Waals surface area (Å²) in [4.78, 5) is 35.6. The highest BCUT2D eigenvalue weighted by atomic mass is 31.2. The molecule has 1 N–H and O–H groups in total. The Morgan fingerprint density at radius 2 is 0.730 bits per heavy atom. The van der Waals surface area contributed by atoms with Crippen LogP contribution in [0.3, 0.4) is 0 Å². The Morgan fingerprint density at radius 3 is 1.09 bits per heavy atom. The fraction of sp³-hybridized carbons (Fsp3) is 0.750. The molecule has 0 aromatic rings. The number of carbonyl (C=O) groups is 2.